The highest BCUT2D eigenvalue weighted by Gasteiger charge is 2.18. The van der Waals surface area contributed by atoms with Gasteiger partial charge in [0.2, 0.25) is 0 Å². The number of hydrogen-bond acceptors (Lipinski definition) is 4. The van der Waals surface area contributed by atoms with Crippen molar-refractivity contribution in [1.29, 1.82) is 0 Å². The maximum Gasteiger partial charge on any atom is 0.340 e. The Morgan fingerprint density at radius 2 is 1.93 bits per heavy atom. The van der Waals surface area contributed by atoms with E-state index in [1.807, 2.05) is 35.9 Å². The lowest BCUT2D eigenvalue weighted by Gasteiger charge is -2.09. The van der Waals surface area contributed by atoms with Crippen molar-refractivity contribution < 1.29 is 23.1 Å². The largest absolute Gasteiger partial charge is 0.452 e. The van der Waals surface area contributed by atoms with Crippen LogP contribution in [0.2, 0.25) is 0 Å². The van der Waals surface area contributed by atoms with Gasteiger partial charge in [-0.25, -0.2) is 13.6 Å². The number of hydrogen-bond donors (Lipinski definition) is 1. The second-order valence-corrected chi connectivity index (χ2v) is 7.24. The van der Waals surface area contributed by atoms with Crippen LogP contribution in [0, 0.1) is 25.5 Å². The molecule has 0 unspecified atom stereocenters. The maximum absolute atomic E-state index is 13.2. The van der Waals surface area contributed by atoms with E-state index in [0.29, 0.717) is 12.1 Å². The average Bonchev–Trinajstić information content (AvgIpc) is 3.26. The summed E-state index contributed by atoms with van der Waals surface area (Å²) in [7, 11) is 0. The number of rotatable bonds is 6. The molecule has 3 aromatic rings. The van der Waals surface area contributed by atoms with Crippen LogP contribution in [-0.2, 0) is 16.1 Å². The molecule has 0 aliphatic heterocycles. The number of ether oxygens (including phenoxy) is 1. The Bertz CT molecular complexity index is 1010. The molecule has 0 fully saturated rings. The highest BCUT2D eigenvalue weighted by Crippen LogP contribution is 2.20. The smallest absolute Gasteiger partial charge is 0.340 e. The molecule has 2 heterocycles. The van der Waals surface area contributed by atoms with Gasteiger partial charge < -0.3 is 14.6 Å². The monoisotopic (exact) mass is 404 g/mol. The van der Waals surface area contributed by atoms with Crippen LogP contribution in [0.25, 0.3) is 0 Å². The zero-order valence-electron chi connectivity index (χ0n) is 15.3. The number of thiophene rings is 1. The number of aromatic nitrogens is 1. The van der Waals surface area contributed by atoms with E-state index in [2.05, 4.69) is 5.32 Å². The van der Waals surface area contributed by atoms with E-state index >= 15 is 0 Å². The standard InChI is InChI=1S/C20H18F2N2O3S/c1-12-8-16(13(2)24(12)10-15-4-3-7-28-15)20(26)27-11-19(25)23-14-5-6-17(21)18(22)9-14/h3-9H,10-11H2,1-2H3,(H,23,25). The van der Waals surface area contributed by atoms with E-state index in [4.69, 9.17) is 4.74 Å². The topological polar surface area (TPSA) is 60.3 Å². The molecule has 0 aliphatic carbocycles. The van der Waals surface area contributed by atoms with Crippen molar-refractivity contribution in [1.82, 2.24) is 4.57 Å². The van der Waals surface area contributed by atoms with E-state index < -0.39 is 30.1 Å². The normalized spacial score (nSPS) is 10.7. The zero-order valence-corrected chi connectivity index (χ0v) is 16.1. The molecule has 2 aromatic heterocycles. The van der Waals surface area contributed by atoms with Gasteiger partial charge in [0.05, 0.1) is 12.1 Å². The van der Waals surface area contributed by atoms with Crippen molar-refractivity contribution in [2.45, 2.75) is 20.4 Å². The second-order valence-electron chi connectivity index (χ2n) is 6.20. The van der Waals surface area contributed by atoms with Crippen LogP contribution in [0.1, 0.15) is 26.6 Å². The fourth-order valence-electron chi connectivity index (χ4n) is 2.79. The van der Waals surface area contributed by atoms with Crippen molar-refractivity contribution in [3.63, 3.8) is 0 Å². The first-order chi connectivity index (χ1) is 13.3. The van der Waals surface area contributed by atoms with Crippen molar-refractivity contribution in [3.05, 3.63) is 75.2 Å². The zero-order chi connectivity index (χ0) is 20.3. The Balaban J connectivity index is 1.61. The number of halogens is 2. The first kappa shape index (κ1) is 19.8. The Kier molecular flexibility index (Phi) is 5.89. The molecule has 0 spiro atoms. The highest BCUT2D eigenvalue weighted by molar-refractivity contribution is 7.09. The minimum atomic E-state index is -1.08. The van der Waals surface area contributed by atoms with E-state index in [1.54, 1.807) is 17.4 Å². The van der Waals surface area contributed by atoms with Crippen molar-refractivity contribution in [3.8, 4) is 0 Å². The van der Waals surface area contributed by atoms with E-state index in [9.17, 15) is 18.4 Å². The van der Waals surface area contributed by atoms with Crippen molar-refractivity contribution in [2.75, 3.05) is 11.9 Å². The van der Waals surface area contributed by atoms with E-state index in [0.717, 1.165) is 28.4 Å². The Labute approximate surface area is 164 Å². The first-order valence-corrected chi connectivity index (χ1v) is 9.34. The second kappa shape index (κ2) is 8.35. The number of nitrogens with zero attached hydrogens (tertiary/aromatic N) is 1. The van der Waals surface area contributed by atoms with Crippen molar-refractivity contribution >= 4 is 28.9 Å². The lowest BCUT2D eigenvalue weighted by Crippen LogP contribution is -2.21. The number of nitrogens with one attached hydrogen (secondary N) is 1. The number of carbonyl (C=O) groups excluding carboxylic acids is 2. The van der Waals surface area contributed by atoms with Gasteiger partial charge in [-0.2, -0.15) is 0 Å². The summed E-state index contributed by atoms with van der Waals surface area (Å²) in [6.45, 7) is 3.83. The van der Waals surface area contributed by atoms with Crippen LogP contribution < -0.4 is 5.32 Å². The maximum atomic E-state index is 13.2. The molecule has 0 aliphatic rings. The van der Waals surface area contributed by atoms with Gasteiger partial charge >= 0.3 is 5.97 Å². The molecule has 1 amide bonds. The number of amides is 1. The van der Waals surface area contributed by atoms with Gasteiger partial charge in [0.15, 0.2) is 18.2 Å². The average molecular weight is 404 g/mol. The van der Waals surface area contributed by atoms with E-state index in [-0.39, 0.29) is 5.69 Å². The predicted molar refractivity (Wildman–Crippen MR) is 103 cm³/mol. The molecule has 1 aromatic carbocycles. The van der Waals surface area contributed by atoms with Crippen LogP contribution >= 0.6 is 11.3 Å². The molecule has 3 rings (SSSR count). The van der Waals surface area contributed by atoms with Gasteiger partial charge in [0, 0.05) is 28.0 Å². The minimum Gasteiger partial charge on any atom is -0.452 e. The molecule has 0 radical (unpaired) electrons. The molecule has 5 nitrogen and oxygen atoms in total. The quantitative estimate of drug-likeness (QED) is 0.624. The Hall–Kier alpha value is -3.00. The summed E-state index contributed by atoms with van der Waals surface area (Å²) in [6.07, 6.45) is 0. The van der Waals surface area contributed by atoms with Gasteiger partial charge in [0.25, 0.3) is 5.91 Å². The number of aryl methyl sites for hydroxylation is 1. The van der Waals surface area contributed by atoms with Gasteiger partial charge in [-0.3, -0.25) is 4.79 Å². The number of esters is 1. The Morgan fingerprint density at radius 3 is 2.61 bits per heavy atom. The van der Waals surface area contributed by atoms with Gasteiger partial charge in [-0.15, -0.1) is 11.3 Å². The molecular formula is C20H18F2N2O3S. The summed E-state index contributed by atoms with van der Waals surface area (Å²) in [5, 5.41) is 4.34. The predicted octanol–water partition coefficient (Wildman–Crippen LogP) is 4.29. The van der Waals surface area contributed by atoms with Gasteiger partial charge in [0.1, 0.15) is 0 Å². The number of anilines is 1. The molecule has 0 saturated heterocycles. The molecular weight excluding hydrogens is 386 g/mol. The van der Waals surface area contributed by atoms with Gasteiger partial charge in [-0.05, 0) is 43.5 Å². The van der Waals surface area contributed by atoms with Crippen LogP contribution in [0.5, 0.6) is 0 Å². The highest BCUT2D eigenvalue weighted by atomic mass is 32.1. The van der Waals surface area contributed by atoms with Crippen LogP contribution in [0.15, 0.2) is 41.8 Å². The molecule has 0 atom stereocenters. The molecule has 8 heteroatoms. The van der Waals surface area contributed by atoms with Crippen LogP contribution in [-0.4, -0.2) is 23.1 Å². The third kappa shape index (κ3) is 4.45. The fraction of sp³-hybridized carbons (Fsp3) is 0.200. The summed E-state index contributed by atoms with van der Waals surface area (Å²) in [5.41, 5.74) is 2.12. The number of benzene rings is 1. The third-order valence-electron chi connectivity index (χ3n) is 4.23. The molecule has 146 valence electrons. The fourth-order valence-corrected chi connectivity index (χ4v) is 3.48. The van der Waals surface area contributed by atoms with Gasteiger partial charge in [-0.1, -0.05) is 6.07 Å². The summed E-state index contributed by atoms with van der Waals surface area (Å²) in [6, 6.07) is 8.68. The lowest BCUT2D eigenvalue weighted by molar-refractivity contribution is -0.119. The summed E-state index contributed by atoms with van der Waals surface area (Å²) < 4.78 is 33.2. The summed E-state index contributed by atoms with van der Waals surface area (Å²) in [4.78, 5) is 25.4. The molecule has 0 saturated carbocycles. The molecule has 1 N–H and O–H groups in total. The van der Waals surface area contributed by atoms with Crippen molar-refractivity contribution in [2.24, 2.45) is 0 Å². The molecule has 0 bridgehead atoms. The minimum absolute atomic E-state index is 0.0778. The molecule has 28 heavy (non-hydrogen) atoms. The van der Waals surface area contributed by atoms with E-state index in [1.165, 1.54) is 6.07 Å². The Morgan fingerprint density at radius 1 is 1.14 bits per heavy atom. The summed E-state index contributed by atoms with van der Waals surface area (Å²) >= 11 is 1.63. The summed E-state index contributed by atoms with van der Waals surface area (Å²) in [5.74, 6) is -3.35. The lowest BCUT2D eigenvalue weighted by atomic mass is 10.2. The van der Waals surface area contributed by atoms with Crippen LogP contribution in [0.3, 0.4) is 0 Å². The third-order valence-corrected chi connectivity index (χ3v) is 5.09. The SMILES string of the molecule is Cc1cc(C(=O)OCC(=O)Nc2ccc(F)c(F)c2)c(C)n1Cc1cccs1. The number of carbonyl (C=O) groups is 2. The van der Waals surface area contributed by atoms with Crippen LogP contribution in [0.4, 0.5) is 14.5 Å². The first-order valence-electron chi connectivity index (χ1n) is 8.46.